The molecule has 2 N–H and O–H groups in total. The molecule has 4 nitrogen and oxygen atoms in total. The van der Waals surface area contributed by atoms with Crippen LogP contribution >= 0.6 is 15.9 Å². The third-order valence-electron chi connectivity index (χ3n) is 4.57. The van der Waals surface area contributed by atoms with Crippen LogP contribution in [-0.2, 0) is 10.0 Å². The molecule has 0 aromatic heterocycles. The normalized spacial score (nSPS) is 30.3. The largest absolute Gasteiger partial charge is 0.328 e. The maximum absolute atomic E-state index is 13.1. The molecular formula is C14H18BrFN2O2S. The van der Waals surface area contributed by atoms with Crippen LogP contribution in [0.3, 0.4) is 0 Å². The first-order valence-corrected chi connectivity index (χ1v) is 9.32. The molecule has 21 heavy (non-hydrogen) atoms. The first-order chi connectivity index (χ1) is 9.88. The summed E-state index contributed by atoms with van der Waals surface area (Å²) in [5, 5.41) is 0. The van der Waals surface area contributed by atoms with Gasteiger partial charge in [0.15, 0.2) is 0 Å². The maximum atomic E-state index is 13.1. The molecule has 3 atom stereocenters. The zero-order chi connectivity index (χ0) is 15.2. The summed E-state index contributed by atoms with van der Waals surface area (Å²) in [6.45, 7) is 1.06. The summed E-state index contributed by atoms with van der Waals surface area (Å²) in [5.41, 5.74) is 5.98. The predicted molar refractivity (Wildman–Crippen MR) is 81.7 cm³/mol. The van der Waals surface area contributed by atoms with E-state index < -0.39 is 15.8 Å². The molecule has 2 fully saturated rings. The Balaban J connectivity index is 1.86. The molecular weight excluding hydrogens is 359 g/mol. The Hall–Kier alpha value is -0.500. The molecule has 2 aliphatic rings. The van der Waals surface area contributed by atoms with Crippen molar-refractivity contribution in [2.24, 2.45) is 17.6 Å². The van der Waals surface area contributed by atoms with Crippen molar-refractivity contribution in [3.05, 3.63) is 28.5 Å². The van der Waals surface area contributed by atoms with E-state index in [1.54, 1.807) is 0 Å². The highest BCUT2D eigenvalue weighted by Crippen LogP contribution is 2.38. The van der Waals surface area contributed by atoms with Gasteiger partial charge in [0.05, 0.1) is 4.90 Å². The molecule has 1 unspecified atom stereocenters. The van der Waals surface area contributed by atoms with Crippen molar-refractivity contribution in [3.8, 4) is 0 Å². The third kappa shape index (κ3) is 2.88. The summed E-state index contributed by atoms with van der Waals surface area (Å²) in [7, 11) is -3.58. The summed E-state index contributed by atoms with van der Waals surface area (Å²) in [6, 6.07) is 3.87. The van der Waals surface area contributed by atoms with E-state index in [1.807, 2.05) is 0 Å². The molecule has 0 amide bonds. The van der Waals surface area contributed by atoms with E-state index >= 15 is 0 Å². The van der Waals surface area contributed by atoms with Crippen molar-refractivity contribution in [3.63, 3.8) is 0 Å². The lowest BCUT2D eigenvalue weighted by atomic mass is 9.79. The van der Waals surface area contributed by atoms with E-state index in [0.717, 1.165) is 19.3 Å². The number of fused-ring (bicyclic) bond motifs is 1. The predicted octanol–water partition coefficient (Wildman–Crippen LogP) is 2.34. The van der Waals surface area contributed by atoms with Gasteiger partial charge in [0.2, 0.25) is 10.0 Å². The van der Waals surface area contributed by atoms with Crippen LogP contribution < -0.4 is 5.73 Å². The molecule has 0 spiro atoms. The molecule has 7 heteroatoms. The zero-order valence-electron chi connectivity index (χ0n) is 11.5. The van der Waals surface area contributed by atoms with Gasteiger partial charge in [-0.1, -0.05) is 0 Å². The molecule has 1 aliphatic heterocycles. The van der Waals surface area contributed by atoms with E-state index in [4.69, 9.17) is 5.73 Å². The van der Waals surface area contributed by atoms with Gasteiger partial charge in [0.25, 0.3) is 0 Å². The van der Waals surface area contributed by atoms with Gasteiger partial charge < -0.3 is 5.73 Å². The van der Waals surface area contributed by atoms with E-state index in [2.05, 4.69) is 15.9 Å². The number of benzene rings is 1. The smallest absolute Gasteiger partial charge is 0.244 e. The van der Waals surface area contributed by atoms with Gasteiger partial charge in [-0.3, -0.25) is 0 Å². The lowest BCUT2D eigenvalue weighted by molar-refractivity contribution is 0.271. The molecule has 0 bridgehead atoms. The first kappa shape index (κ1) is 15.4. The van der Waals surface area contributed by atoms with Crippen LogP contribution in [-0.4, -0.2) is 31.9 Å². The summed E-state index contributed by atoms with van der Waals surface area (Å²) < 4.78 is 40.4. The first-order valence-electron chi connectivity index (χ1n) is 7.08. The Bertz CT molecular complexity index is 652. The fourth-order valence-corrected chi connectivity index (χ4v) is 6.01. The molecule has 1 aromatic carbocycles. The summed E-state index contributed by atoms with van der Waals surface area (Å²) in [4.78, 5) is 0.131. The Labute approximate surface area is 132 Å². The van der Waals surface area contributed by atoms with Crippen molar-refractivity contribution in [1.29, 1.82) is 0 Å². The Morgan fingerprint density at radius 3 is 2.67 bits per heavy atom. The van der Waals surface area contributed by atoms with Gasteiger partial charge in [-0.2, -0.15) is 4.31 Å². The number of nitrogens with zero attached hydrogens (tertiary/aromatic N) is 1. The highest BCUT2D eigenvalue weighted by molar-refractivity contribution is 9.10. The van der Waals surface area contributed by atoms with Gasteiger partial charge in [-0.25, -0.2) is 12.8 Å². The fourth-order valence-electron chi connectivity index (χ4n) is 3.44. The van der Waals surface area contributed by atoms with Crippen LogP contribution in [0.1, 0.15) is 19.3 Å². The Morgan fingerprint density at radius 2 is 1.95 bits per heavy atom. The third-order valence-corrected chi connectivity index (χ3v) is 7.38. The molecule has 1 aromatic rings. The van der Waals surface area contributed by atoms with Gasteiger partial charge >= 0.3 is 0 Å². The highest BCUT2D eigenvalue weighted by atomic mass is 79.9. The number of sulfonamides is 1. The number of nitrogens with two attached hydrogens (primary N) is 1. The van der Waals surface area contributed by atoms with Gasteiger partial charge in [0, 0.05) is 23.6 Å². The van der Waals surface area contributed by atoms with Crippen molar-refractivity contribution in [2.75, 3.05) is 13.1 Å². The lowest BCUT2D eigenvalue weighted by Gasteiger charge is -2.28. The second-order valence-corrected chi connectivity index (χ2v) is 8.75. The molecule has 116 valence electrons. The van der Waals surface area contributed by atoms with Crippen LogP contribution in [0.25, 0.3) is 0 Å². The number of halogens is 2. The number of rotatable bonds is 2. The van der Waals surface area contributed by atoms with Gasteiger partial charge in [0.1, 0.15) is 5.82 Å². The minimum atomic E-state index is -3.58. The fraction of sp³-hybridized carbons (Fsp3) is 0.571. The topological polar surface area (TPSA) is 63.4 Å². The minimum absolute atomic E-state index is 0.131. The monoisotopic (exact) mass is 376 g/mol. The van der Waals surface area contributed by atoms with Crippen molar-refractivity contribution >= 4 is 26.0 Å². The van der Waals surface area contributed by atoms with E-state index in [1.165, 1.54) is 22.5 Å². The molecule has 1 aliphatic carbocycles. The summed E-state index contributed by atoms with van der Waals surface area (Å²) in [5.74, 6) is 0.295. The van der Waals surface area contributed by atoms with Crippen LogP contribution in [0.4, 0.5) is 4.39 Å². The van der Waals surface area contributed by atoms with Crippen molar-refractivity contribution in [2.45, 2.75) is 30.2 Å². The minimum Gasteiger partial charge on any atom is -0.328 e. The average molecular weight is 377 g/mol. The van der Waals surface area contributed by atoms with Crippen molar-refractivity contribution < 1.29 is 12.8 Å². The standard InChI is InChI=1S/C14H18BrFN2O2S/c15-13-6-11(16)2-4-14(13)21(19,20)18-7-9-1-3-12(17)5-10(9)8-18/h2,4,6,9-10,12H,1,3,5,7-8,17H2/t9-,10+,12?/m1/s1. The highest BCUT2D eigenvalue weighted by Gasteiger charge is 2.42. The van der Waals surface area contributed by atoms with E-state index in [9.17, 15) is 12.8 Å². The van der Waals surface area contributed by atoms with Crippen molar-refractivity contribution in [1.82, 2.24) is 4.31 Å². The van der Waals surface area contributed by atoms with Crippen LogP contribution in [0, 0.1) is 17.7 Å². The number of hydrogen-bond acceptors (Lipinski definition) is 3. The molecule has 1 heterocycles. The lowest BCUT2D eigenvalue weighted by Crippen LogP contribution is -2.32. The number of hydrogen-bond donors (Lipinski definition) is 1. The van der Waals surface area contributed by atoms with Crippen LogP contribution in [0.2, 0.25) is 0 Å². The van der Waals surface area contributed by atoms with E-state index in [0.29, 0.717) is 24.9 Å². The van der Waals surface area contributed by atoms with Crippen LogP contribution in [0.5, 0.6) is 0 Å². The summed E-state index contributed by atoms with van der Waals surface area (Å²) in [6.07, 6.45) is 2.85. The van der Waals surface area contributed by atoms with E-state index in [-0.39, 0.29) is 15.4 Å². The second-order valence-electron chi connectivity index (χ2n) is 5.99. The average Bonchev–Trinajstić information content (AvgIpc) is 2.81. The SMILES string of the molecule is NC1CC[C@@H]2CN(S(=O)(=O)c3ccc(F)cc3Br)C[C@@H]2C1. The van der Waals surface area contributed by atoms with Crippen LogP contribution in [0.15, 0.2) is 27.6 Å². The molecule has 1 saturated heterocycles. The molecule has 3 rings (SSSR count). The Morgan fingerprint density at radius 1 is 1.24 bits per heavy atom. The van der Waals surface area contributed by atoms with Gasteiger partial charge in [-0.05, 0) is 65.2 Å². The molecule has 0 radical (unpaired) electrons. The molecule has 1 saturated carbocycles. The second kappa shape index (κ2) is 5.61. The Kier molecular flexibility index (Phi) is 4.11. The van der Waals surface area contributed by atoms with Gasteiger partial charge in [-0.15, -0.1) is 0 Å². The zero-order valence-corrected chi connectivity index (χ0v) is 13.9. The maximum Gasteiger partial charge on any atom is 0.244 e. The summed E-state index contributed by atoms with van der Waals surface area (Å²) >= 11 is 3.15. The quantitative estimate of drug-likeness (QED) is 0.861.